The van der Waals surface area contributed by atoms with E-state index >= 15 is 0 Å². The molecule has 0 aliphatic rings. The van der Waals surface area contributed by atoms with Crippen LogP contribution in [0.15, 0.2) is 18.2 Å². The molecule has 1 aromatic carbocycles. The Hall–Kier alpha value is -1.18. The summed E-state index contributed by atoms with van der Waals surface area (Å²) in [5, 5.41) is 0. The Morgan fingerprint density at radius 1 is 1.20 bits per heavy atom. The van der Waals surface area contributed by atoms with E-state index < -0.39 is 0 Å². The lowest BCUT2D eigenvalue weighted by Gasteiger charge is -2.10. The van der Waals surface area contributed by atoms with Gasteiger partial charge in [-0.2, -0.15) is 0 Å². The van der Waals surface area contributed by atoms with Crippen molar-refractivity contribution in [2.75, 3.05) is 12.3 Å². The number of nitrogen functional groups attached to an aromatic ring is 1. The molecule has 0 aliphatic heterocycles. The molecule has 0 aromatic heterocycles. The Morgan fingerprint density at radius 3 is 2.73 bits per heavy atom. The molecular formula is C13H21NO. The van der Waals surface area contributed by atoms with Gasteiger partial charge in [-0.25, -0.2) is 0 Å². The topological polar surface area (TPSA) is 35.2 Å². The van der Waals surface area contributed by atoms with Crippen LogP contribution in [0.1, 0.15) is 38.2 Å². The van der Waals surface area contributed by atoms with Crippen LogP contribution in [0.4, 0.5) is 5.69 Å². The van der Waals surface area contributed by atoms with Crippen LogP contribution in [0.2, 0.25) is 0 Å². The van der Waals surface area contributed by atoms with Crippen molar-refractivity contribution in [3.63, 3.8) is 0 Å². The van der Waals surface area contributed by atoms with Crippen LogP contribution in [0.25, 0.3) is 0 Å². The zero-order chi connectivity index (χ0) is 11.1. The molecule has 1 aromatic rings. The number of hydrogen-bond acceptors (Lipinski definition) is 2. The number of benzene rings is 1. The van der Waals surface area contributed by atoms with Crippen molar-refractivity contribution in [3.05, 3.63) is 23.8 Å². The van der Waals surface area contributed by atoms with Crippen molar-refractivity contribution in [1.29, 1.82) is 0 Å². The van der Waals surface area contributed by atoms with E-state index in [1.165, 1.54) is 19.3 Å². The molecule has 0 aliphatic carbocycles. The molecular weight excluding hydrogens is 186 g/mol. The van der Waals surface area contributed by atoms with Crippen molar-refractivity contribution < 1.29 is 4.74 Å². The summed E-state index contributed by atoms with van der Waals surface area (Å²) in [4.78, 5) is 0. The standard InChI is InChI=1S/C13H21NO/c1-3-4-5-6-10-15-12-9-7-8-11(2)13(12)14/h7-9H,3-6,10,14H2,1-2H3. The molecule has 84 valence electrons. The highest BCUT2D eigenvalue weighted by atomic mass is 16.5. The van der Waals surface area contributed by atoms with Crippen LogP contribution < -0.4 is 10.5 Å². The van der Waals surface area contributed by atoms with Crippen LogP contribution in [0, 0.1) is 6.92 Å². The summed E-state index contributed by atoms with van der Waals surface area (Å²) in [5.41, 5.74) is 7.75. The van der Waals surface area contributed by atoms with Crippen LogP contribution in [0.5, 0.6) is 5.75 Å². The van der Waals surface area contributed by atoms with Crippen LogP contribution in [-0.4, -0.2) is 6.61 Å². The number of anilines is 1. The Morgan fingerprint density at radius 2 is 2.00 bits per heavy atom. The highest BCUT2D eigenvalue weighted by Gasteiger charge is 2.01. The Labute approximate surface area is 92.4 Å². The second-order valence-electron chi connectivity index (χ2n) is 3.90. The van der Waals surface area contributed by atoms with Crippen molar-refractivity contribution in [3.8, 4) is 5.75 Å². The summed E-state index contributed by atoms with van der Waals surface area (Å²) in [5.74, 6) is 0.825. The van der Waals surface area contributed by atoms with E-state index in [2.05, 4.69) is 6.92 Å². The van der Waals surface area contributed by atoms with Gasteiger partial charge in [0.05, 0.1) is 12.3 Å². The molecule has 0 heterocycles. The normalized spacial score (nSPS) is 10.3. The second kappa shape index (κ2) is 6.33. The largest absolute Gasteiger partial charge is 0.491 e. The predicted molar refractivity (Wildman–Crippen MR) is 65.2 cm³/mol. The molecule has 15 heavy (non-hydrogen) atoms. The first-order valence-corrected chi connectivity index (χ1v) is 5.73. The molecule has 2 heteroatoms. The van der Waals surface area contributed by atoms with Gasteiger partial charge in [0.15, 0.2) is 0 Å². The first kappa shape index (κ1) is 11.9. The zero-order valence-electron chi connectivity index (χ0n) is 9.75. The SMILES string of the molecule is CCCCCCOc1cccc(C)c1N. The monoisotopic (exact) mass is 207 g/mol. The summed E-state index contributed by atoms with van der Waals surface area (Å²) in [7, 11) is 0. The predicted octanol–water partition coefficient (Wildman–Crippen LogP) is 3.54. The molecule has 2 nitrogen and oxygen atoms in total. The maximum atomic E-state index is 5.90. The number of para-hydroxylation sites is 1. The van der Waals surface area contributed by atoms with Gasteiger partial charge in [0, 0.05) is 0 Å². The smallest absolute Gasteiger partial charge is 0.142 e. The van der Waals surface area contributed by atoms with E-state index in [0.717, 1.165) is 30.0 Å². The van der Waals surface area contributed by atoms with Crippen molar-refractivity contribution in [2.24, 2.45) is 0 Å². The molecule has 0 spiro atoms. The van der Waals surface area contributed by atoms with Gasteiger partial charge < -0.3 is 10.5 Å². The zero-order valence-corrected chi connectivity index (χ0v) is 9.75. The van der Waals surface area contributed by atoms with E-state index in [9.17, 15) is 0 Å². The molecule has 0 atom stereocenters. The Bertz CT molecular complexity index is 297. The summed E-state index contributed by atoms with van der Waals surface area (Å²) in [6.07, 6.45) is 4.89. The third kappa shape index (κ3) is 3.82. The van der Waals surface area contributed by atoms with Crippen LogP contribution in [0.3, 0.4) is 0 Å². The third-order valence-electron chi connectivity index (χ3n) is 2.54. The van der Waals surface area contributed by atoms with E-state index in [4.69, 9.17) is 10.5 Å². The number of rotatable bonds is 6. The van der Waals surface area contributed by atoms with Gasteiger partial charge in [-0.15, -0.1) is 0 Å². The fraction of sp³-hybridized carbons (Fsp3) is 0.538. The average molecular weight is 207 g/mol. The van der Waals surface area contributed by atoms with Gasteiger partial charge in [0.2, 0.25) is 0 Å². The highest BCUT2D eigenvalue weighted by molar-refractivity contribution is 5.57. The van der Waals surface area contributed by atoms with Crippen LogP contribution in [-0.2, 0) is 0 Å². The van der Waals surface area contributed by atoms with Gasteiger partial charge in [-0.05, 0) is 25.0 Å². The molecule has 0 amide bonds. The fourth-order valence-electron chi connectivity index (χ4n) is 1.49. The molecule has 0 saturated carbocycles. The van der Waals surface area contributed by atoms with Crippen molar-refractivity contribution in [1.82, 2.24) is 0 Å². The molecule has 0 unspecified atom stereocenters. The summed E-state index contributed by atoms with van der Waals surface area (Å²) >= 11 is 0. The van der Waals surface area contributed by atoms with Gasteiger partial charge in [0.25, 0.3) is 0 Å². The number of hydrogen-bond donors (Lipinski definition) is 1. The van der Waals surface area contributed by atoms with Crippen LogP contribution >= 0.6 is 0 Å². The van der Waals surface area contributed by atoms with Gasteiger partial charge >= 0.3 is 0 Å². The quantitative estimate of drug-likeness (QED) is 0.572. The molecule has 0 bridgehead atoms. The first-order chi connectivity index (χ1) is 7.25. The lowest BCUT2D eigenvalue weighted by molar-refractivity contribution is 0.306. The minimum absolute atomic E-state index is 0.771. The van der Waals surface area contributed by atoms with Gasteiger partial charge in [-0.3, -0.25) is 0 Å². The minimum Gasteiger partial charge on any atom is -0.491 e. The molecule has 1 rings (SSSR count). The summed E-state index contributed by atoms with van der Waals surface area (Å²) < 4.78 is 5.64. The first-order valence-electron chi connectivity index (χ1n) is 5.73. The third-order valence-corrected chi connectivity index (χ3v) is 2.54. The highest BCUT2D eigenvalue weighted by Crippen LogP contribution is 2.24. The number of nitrogens with two attached hydrogens (primary N) is 1. The van der Waals surface area contributed by atoms with Crippen molar-refractivity contribution in [2.45, 2.75) is 39.5 Å². The number of aryl methyl sites for hydroxylation is 1. The maximum Gasteiger partial charge on any atom is 0.142 e. The minimum atomic E-state index is 0.771. The van der Waals surface area contributed by atoms with E-state index in [1.54, 1.807) is 0 Å². The Kier molecular flexibility index (Phi) is 5.02. The Balaban J connectivity index is 2.34. The number of unbranched alkanes of at least 4 members (excludes halogenated alkanes) is 3. The molecule has 0 saturated heterocycles. The summed E-state index contributed by atoms with van der Waals surface area (Å²) in [6, 6.07) is 5.91. The van der Waals surface area contributed by atoms with Gasteiger partial charge in [-0.1, -0.05) is 38.3 Å². The molecule has 2 N–H and O–H groups in total. The molecule has 0 fully saturated rings. The second-order valence-corrected chi connectivity index (χ2v) is 3.90. The average Bonchev–Trinajstić information content (AvgIpc) is 2.24. The summed E-state index contributed by atoms with van der Waals surface area (Å²) in [6.45, 7) is 4.98. The maximum absolute atomic E-state index is 5.90. The lowest BCUT2D eigenvalue weighted by atomic mass is 10.2. The lowest BCUT2D eigenvalue weighted by Crippen LogP contribution is -2.01. The molecule has 0 radical (unpaired) electrons. The van der Waals surface area contributed by atoms with E-state index in [1.807, 2.05) is 25.1 Å². The van der Waals surface area contributed by atoms with E-state index in [-0.39, 0.29) is 0 Å². The van der Waals surface area contributed by atoms with Crippen molar-refractivity contribution >= 4 is 5.69 Å². The van der Waals surface area contributed by atoms with E-state index in [0.29, 0.717) is 0 Å². The van der Waals surface area contributed by atoms with Gasteiger partial charge in [0.1, 0.15) is 5.75 Å². The number of ether oxygens (including phenoxy) is 1. The fourth-order valence-corrected chi connectivity index (χ4v) is 1.49.